The zero-order valence-electron chi connectivity index (χ0n) is 18.3. The van der Waals surface area contributed by atoms with Crippen LogP contribution in [0.3, 0.4) is 0 Å². The normalized spacial score (nSPS) is 11.5. The van der Waals surface area contributed by atoms with Gasteiger partial charge in [0.1, 0.15) is 5.52 Å². The van der Waals surface area contributed by atoms with Crippen LogP contribution in [0, 0.1) is 0 Å². The highest BCUT2D eigenvalue weighted by Crippen LogP contribution is 2.38. The number of oxazole rings is 1. The summed E-state index contributed by atoms with van der Waals surface area (Å²) >= 11 is 0. The monoisotopic (exact) mass is 436 g/mol. The van der Waals surface area contributed by atoms with Gasteiger partial charge in [0.2, 0.25) is 5.89 Å². The van der Waals surface area contributed by atoms with E-state index in [2.05, 4.69) is 89.5 Å². The minimum Gasteiger partial charge on any atom is -0.435 e. The third kappa shape index (κ3) is 2.87. The lowest BCUT2D eigenvalue weighted by Gasteiger charge is -2.10. The van der Waals surface area contributed by atoms with E-state index in [-0.39, 0.29) is 0 Å². The summed E-state index contributed by atoms with van der Waals surface area (Å²) in [5.41, 5.74) is 8.44. The lowest BCUT2D eigenvalue weighted by atomic mass is 10.1. The summed E-state index contributed by atoms with van der Waals surface area (Å²) in [5, 5.41) is 2.25. The first-order valence-electron chi connectivity index (χ1n) is 11.4. The van der Waals surface area contributed by atoms with Gasteiger partial charge in [-0.25, -0.2) is 4.98 Å². The van der Waals surface area contributed by atoms with Gasteiger partial charge in [-0.05, 0) is 53.6 Å². The van der Waals surface area contributed by atoms with Crippen LogP contribution in [0.15, 0.2) is 126 Å². The molecule has 2 aromatic heterocycles. The third-order valence-corrected chi connectivity index (χ3v) is 6.42. The molecule has 34 heavy (non-hydrogen) atoms. The summed E-state index contributed by atoms with van der Waals surface area (Å²) in [5.74, 6) is 0.644. The number of rotatable bonds is 3. The van der Waals surface area contributed by atoms with Crippen molar-refractivity contribution in [1.82, 2.24) is 9.55 Å². The predicted molar refractivity (Wildman–Crippen MR) is 139 cm³/mol. The fraction of sp³-hybridized carbons (Fsp3) is 0. The van der Waals surface area contributed by atoms with E-state index in [9.17, 15) is 0 Å². The molecule has 0 atom stereocenters. The lowest BCUT2D eigenvalue weighted by molar-refractivity contribution is 0.623. The Balaban J connectivity index is 1.52. The lowest BCUT2D eigenvalue weighted by Crippen LogP contribution is -1.94. The molecule has 0 aliphatic rings. The molecule has 3 heteroatoms. The molecule has 5 aromatic carbocycles. The molecule has 3 nitrogen and oxygen atoms in total. The Labute approximate surface area is 196 Å². The summed E-state index contributed by atoms with van der Waals surface area (Å²) in [6.45, 7) is 0. The van der Waals surface area contributed by atoms with Crippen LogP contribution in [0.2, 0.25) is 0 Å². The summed E-state index contributed by atoms with van der Waals surface area (Å²) in [4.78, 5) is 4.80. The fourth-order valence-electron chi connectivity index (χ4n) is 4.88. The van der Waals surface area contributed by atoms with Gasteiger partial charge in [-0.1, -0.05) is 78.9 Å². The van der Waals surface area contributed by atoms with Gasteiger partial charge >= 0.3 is 0 Å². The average molecular weight is 437 g/mol. The molecular formula is C31H20N2O. The standard InChI is InChI=1S/C31H20N2O/c1-3-10-21(11-4-1)23-14-9-15-24(20-23)33-27-17-8-7-16-25(27)29-28(33)19-18-26-30(29)34-31(32-26)22-12-5-2-6-13-22/h1-20H. The maximum absolute atomic E-state index is 6.39. The number of hydrogen-bond acceptors (Lipinski definition) is 2. The maximum Gasteiger partial charge on any atom is 0.227 e. The molecule has 7 rings (SSSR count). The highest BCUT2D eigenvalue weighted by Gasteiger charge is 2.18. The van der Waals surface area contributed by atoms with Crippen molar-refractivity contribution in [3.8, 4) is 28.3 Å². The Kier molecular flexibility index (Phi) is 4.15. The van der Waals surface area contributed by atoms with Crippen LogP contribution >= 0.6 is 0 Å². The van der Waals surface area contributed by atoms with E-state index in [1.54, 1.807) is 0 Å². The van der Waals surface area contributed by atoms with Gasteiger partial charge in [0.15, 0.2) is 5.58 Å². The van der Waals surface area contributed by atoms with Crippen molar-refractivity contribution >= 4 is 32.9 Å². The molecular weight excluding hydrogens is 416 g/mol. The van der Waals surface area contributed by atoms with Crippen molar-refractivity contribution in [2.24, 2.45) is 0 Å². The molecule has 0 bridgehead atoms. The molecule has 0 amide bonds. The third-order valence-electron chi connectivity index (χ3n) is 6.42. The summed E-state index contributed by atoms with van der Waals surface area (Å²) in [6, 6.07) is 42.0. The Hall–Kier alpha value is -4.63. The van der Waals surface area contributed by atoms with Crippen molar-refractivity contribution in [1.29, 1.82) is 0 Å². The first-order valence-corrected chi connectivity index (χ1v) is 11.4. The Morgan fingerprint density at radius 3 is 2.09 bits per heavy atom. The average Bonchev–Trinajstić information content (AvgIpc) is 3.49. The van der Waals surface area contributed by atoms with Crippen LogP contribution in [-0.4, -0.2) is 9.55 Å². The fourth-order valence-corrected chi connectivity index (χ4v) is 4.88. The number of para-hydroxylation sites is 1. The highest BCUT2D eigenvalue weighted by atomic mass is 16.3. The molecule has 0 N–H and O–H groups in total. The molecule has 0 saturated carbocycles. The quantitative estimate of drug-likeness (QED) is 0.279. The maximum atomic E-state index is 6.39. The molecule has 160 valence electrons. The van der Waals surface area contributed by atoms with E-state index in [4.69, 9.17) is 9.40 Å². The van der Waals surface area contributed by atoms with E-state index in [1.165, 1.54) is 11.1 Å². The van der Waals surface area contributed by atoms with Crippen LogP contribution < -0.4 is 0 Å². The zero-order chi connectivity index (χ0) is 22.5. The van der Waals surface area contributed by atoms with E-state index >= 15 is 0 Å². The van der Waals surface area contributed by atoms with Crippen molar-refractivity contribution in [2.45, 2.75) is 0 Å². The van der Waals surface area contributed by atoms with Crippen molar-refractivity contribution < 1.29 is 4.42 Å². The van der Waals surface area contributed by atoms with E-state index < -0.39 is 0 Å². The molecule has 0 saturated heterocycles. The molecule has 2 heterocycles. The van der Waals surface area contributed by atoms with Gasteiger partial charge in [0.05, 0.1) is 16.4 Å². The van der Waals surface area contributed by atoms with Crippen molar-refractivity contribution in [3.05, 3.63) is 121 Å². The largest absolute Gasteiger partial charge is 0.435 e. The van der Waals surface area contributed by atoms with Crippen LogP contribution in [0.25, 0.3) is 61.2 Å². The first-order chi connectivity index (χ1) is 16.9. The van der Waals surface area contributed by atoms with Crippen LogP contribution in [-0.2, 0) is 0 Å². The minimum atomic E-state index is 0.644. The van der Waals surface area contributed by atoms with Gasteiger partial charge in [0.25, 0.3) is 0 Å². The molecule has 0 radical (unpaired) electrons. The minimum absolute atomic E-state index is 0.644. The van der Waals surface area contributed by atoms with Gasteiger partial charge in [-0.2, -0.15) is 0 Å². The highest BCUT2D eigenvalue weighted by molar-refractivity contribution is 6.19. The number of nitrogens with zero attached hydrogens (tertiary/aromatic N) is 2. The van der Waals surface area contributed by atoms with Crippen LogP contribution in [0.4, 0.5) is 0 Å². The number of benzene rings is 5. The smallest absolute Gasteiger partial charge is 0.227 e. The van der Waals surface area contributed by atoms with Crippen molar-refractivity contribution in [3.63, 3.8) is 0 Å². The summed E-state index contributed by atoms with van der Waals surface area (Å²) in [6.07, 6.45) is 0. The number of aromatic nitrogens is 2. The molecule has 0 aliphatic heterocycles. The molecule has 0 fully saturated rings. The van der Waals surface area contributed by atoms with Gasteiger partial charge < -0.3 is 8.98 Å². The molecule has 0 unspecified atom stereocenters. The topological polar surface area (TPSA) is 31.0 Å². The van der Waals surface area contributed by atoms with E-state index in [0.29, 0.717) is 5.89 Å². The Morgan fingerprint density at radius 1 is 0.559 bits per heavy atom. The molecule has 0 aliphatic carbocycles. The second-order valence-electron chi connectivity index (χ2n) is 8.46. The molecule has 0 spiro atoms. The first kappa shape index (κ1) is 18.9. The van der Waals surface area contributed by atoms with Gasteiger partial charge in [-0.15, -0.1) is 0 Å². The second-order valence-corrected chi connectivity index (χ2v) is 8.46. The Morgan fingerprint density at radius 2 is 1.26 bits per heavy atom. The number of fused-ring (bicyclic) bond motifs is 5. The summed E-state index contributed by atoms with van der Waals surface area (Å²) < 4.78 is 8.71. The molecule has 7 aromatic rings. The van der Waals surface area contributed by atoms with Gasteiger partial charge in [-0.3, -0.25) is 0 Å². The van der Waals surface area contributed by atoms with Crippen molar-refractivity contribution in [2.75, 3.05) is 0 Å². The SMILES string of the molecule is c1ccc(-c2cccc(-n3c4ccccc4c4c5oc(-c6ccccc6)nc5ccc43)c2)cc1. The van der Waals surface area contributed by atoms with E-state index in [0.717, 1.165) is 44.2 Å². The number of hydrogen-bond donors (Lipinski definition) is 0. The van der Waals surface area contributed by atoms with Crippen LogP contribution in [0.5, 0.6) is 0 Å². The second kappa shape index (κ2) is 7.46. The van der Waals surface area contributed by atoms with Gasteiger partial charge in [0, 0.05) is 16.6 Å². The summed E-state index contributed by atoms with van der Waals surface area (Å²) in [7, 11) is 0. The van der Waals surface area contributed by atoms with Crippen LogP contribution in [0.1, 0.15) is 0 Å². The van der Waals surface area contributed by atoms with E-state index in [1.807, 2.05) is 36.4 Å². The zero-order valence-corrected chi connectivity index (χ0v) is 18.3. The predicted octanol–water partition coefficient (Wildman–Crippen LogP) is 8.26. The Bertz CT molecular complexity index is 1790.